The van der Waals surface area contributed by atoms with Crippen LogP contribution >= 0.6 is 0 Å². The van der Waals surface area contributed by atoms with Crippen molar-refractivity contribution < 1.29 is 4.74 Å². The van der Waals surface area contributed by atoms with E-state index in [0.29, 0.717) is 0 Å². The molecule has 3 rings (SSSR count). The van der Waals surface area contributed by atoms with Crippen LogP contribution < -0.4 is 10.5 Å². The summed E-state index contributed by atoms with van der Waals surface area (Å²) in [5.41, 5.74) is 9.00. The first-order chi connectivity index (χ1) is 8.83. The lowest BCUT2D eigenvalue weighted by molar-refractivity contribution is 0.300. The highest BCUT2D eigenvalue weighted by molar-refractivity contribution is 5.77. The van der Waals surface area contributed by atoms with Gasteiger partial charge in [-0.25, -0.2) is 0 Å². The molecule has 0 saturated heterocycles. The number of nitrogens with two attached hydrogens (primary N) is 1. The summed E-state index contributed by atoms with van der Waals surface area (Å²) >= 11 is 0. The molecule has 1 aliphatic rings. The van der Waals surface area contributed by atoms with Gasteiger partial charge in [0.1, 0.15) is 5.75 Å². The third-order valence-corrected chi connectivity index (χ3v) is 3.29. The molecule has 1 aliphatic carbocycles. The lowest BCUT2D eigenvalue weighted by Gasteiger charge is -2.10. The van der Waals surface area contributed by atoms with Crippen LogP contribution in [0.2, 0.25) is 0 Å². The molecule has 0 spiro atoms. The first-order valence-electron chi connectivity index (χ1n) is 6.40. The van der Waals surface area contributed by atoms with E-state index in [1.807, 2.05) is 36.4 Å². The standard InChI is InChI=1S/C16H17NO/c17-16-9-8-14(18-11-12-6-7-12)10-15(16)13-4-2-1-3-5-13/h1-5,8-10,12H,6-7,11,17H2. The summed E-state index contributed by atoms with van der Waals surface area (Å²) in [6.45, 7) is 0.831. The van der Waals surface area contributed by atoms with Gasteiger partial charge in [-0.05, 0) is 42.5 Å². The lowest BCUT2D eigenvalue weighted by Crippen LogP contribution is -1.99. The molecule has 92 valence electrons. The summed E-state index contributed by atoms with van der Waals surface area (Å²) in [6, 6.07) is 16.1. The van der Waals surface area contributed by atoms with Crippen molar-refractivity contribution in [1.29, 1.82) is 0 Å². The van der Waals surface area contributed by atoms with Crippen LogP contribution in [-0.4, -0.2) is 6.61 Å². The third kappa shape index (κ3) is 2.48. The van der Waals surface area contributed by atoms with E-state index < -0.39 is 0 Å². The summed E-state index contributed by atoms with van der Waals surface area (Å²) in [5, 5.41) is 0. The van der Waals surface area contributed by atoms with Gasteiger partial charge in [0.05, 0.1) is 6.61 Å². The first-order valence-corrected chi connectivity index (χ1v) is 6.40. The predicted octanol–water partition coefficient (Wildman–Crippen LogP) is 3.72. The monoisotopic (exact) mass is 239 g/mol. The minimum absolute atomic E-state index is 0.766. The SMILES string of the molecule is Nc1ccc(OCC2CC2)cc1-c1ccccc1. The van der Waals surface area contributed by atoms with Gasteiger partial charge in [-0.2, -0.15) is 0 Å². The Labute approximate surface area is 107 Å². The fourth-order valence-corrected chi connectivity index (χ4v) is 1.99. The van der Waals surface area contributed by atoms with E-state index in [4.69, 9.17) is 10.5 Å². The normalized spacial score (nSPS) is 14.4. The molecule has 0 heterocycles. The van der Waals surface area contributed by atoms with Crippen molar-refractivity contribution in [3.05, 3.63) is 48.5 Å². The van der Waals surface area contributed by atoms with Crippen molar-refractivity contribution in [3.8, 4) is 16.9 Å². The first kappa shape index (κ1) is 11.1. The molecule has 0 aromatic heterocycles. The van der Waals surface area contributed by atoms with Crippen LogP contribution in [0.15, 0.2) is 48.5 Å². The van der Waals surface area contributed by atoms with Gasteiger partial charge in [-0.15, -0.1) is 0 Å². The Kier molecular flexibility index (Phi) is 2.93. The maximum absolute atomic E-state index is 6.03. The molecule has 1 fully saturated rings. The zero-order chi connectivity index (χ0) is 12.4. The van der Waals surface area contributed by atoms with E-state index in [0.717, 1.165) is 35.1 Å². The molecule has 2 N–H and O–H groups in total. The number of ether oxygens (including phenoxy) is 1. The number of benzene rings is 2. The van der Waals surface area contributed by atoms with E-state index in [-0.39, 0.29) is 0 Å². The molecule has 0 radical (unpaired) electrons. The van der Waals surface area contributed by atoms with Crippen LogP contribution in [0.25, 0.3) is 11.1 Å². The number of hydrogen-bond acceptors (Lipinski definition) is 2. The molecule has 2 heteroatoms. The molecule has 0 unspecified atom stereocenters. The molecule has 0 amide bonds. The highest BCUT2D eigenvalue weighted by Gasteiger charge is 2.21. The predicted molar refractivity (Wildman–Crippen MR) is 74.5 cm³/mol. The van der Waals surface area contributed by atoms with E-state index >= 15 is 0 Å². The fourth-order valence-electron chi connectivity index (χ4n) is 1.99. The lowest BCUT2D eigenvalue weighted by atomic mass is 10.0. The van der Waals surface area contributed by atoms with Gasteiger partial charge in [-0.3, -0.25) is 0 Å². The van der Waals surface area contributed by atoms with Gasteiger partial charge < -0.3 is 10.5 Å². The van der Waals surface area contributed by atoms with Gasteiger partial charge in [0.25, 0.3) is 0 Å². The third-order valence-electron chi connectivity index (χ3n) is 3.29. The second-order valence-corrected chi connectivity index (χ2v) is 4.87. The Bertz CT molecular complexity index is 532. The Morgan fingerprint density at radius 3 is 2.56 bits per heavy atom. The summed E-state index contributed by atoms with van der Waals surface area (Å²) in [5.74, 6) is 1.68. The maximum Gasteiger partial charge on any atom is 0.120 e. The van der Waals surface area contributed by atoms with Crippen LogP contribution in [0.1, 0.15) is 12.8 Å². The molecule has 1 saturated carbocycles. The Hall–Kier alpha value is -1.96. The van der Waals surface area contributed by atoms with Crippen LogP contribution in [0.3, 0.4) is 0 Å². The second-order valence-electron chi connectivity index (χ2n) is 4.87. The molecule has 0 aliphatic heterocycles. The van der Waals surface area contributed by atoms with Crippen molar-refractivity contribution in [2.75, 3.05) is 12.3 Å². The van der Waals surface area contributed by atoms with E-state index in [1.54, 1.807) is 0 Å². The Balaban J connectivity index is 1.85. The zero-order valence-electron chi connectivity index (χ0n) is 10.3. The van der Waals surface area contributed by atoms with Crippen LogP contribution in [0.5, 0.6) is 5.75 Å². The quantitative estimate of drug-likeness (QED) is 0.825. The van der Waals surface area contributed by atoms with Crippen LogP contribution in [0, 0.1) is 5.92 Å². The number of hydrogen-bond donors (Lipinski definition) is 1. The molecule has 0 atom stereocenters. The minimum atomic E-state index is 0.766. The van der Waals surface area contributed by atoms with Crippen LogP contribution in [0.4, 0.5) is 5.69 Å². The van der Waals surface area contributed by atoms with Crippen molar-refractivity contribution in [2.45, 2.75) is 12.8 Å². The molecule has 0 bridgehead atoms. The smallest absolute Gasteiger partial charge is 0.120 e. The van der Waals surface area contributed by atoms with Gasteiger partial charge in [-0.1, -0.05) is 30.3 Å². The number of nitrogen functional groups attached to an aromatic ring is 1. The molecule has 2 nitrogen and oxygen atoms in total. The van der Waals surface area contributed by atoms with E-state index in [9.17, 15) is 0 Å². The Morgan fingerprint density at radius 1 is 1.06 bits per heavy atom. The Morgan fingerprint density at radius 2 is 1.83 bits per heavy atom. The van der Waals surface area contributed by atoms with Crippen molar-refractivity contribution >= 4 is 5.69 Å². The molecular weight excluding hydrogens is 222 g/mol. The maximum atomic E-state index is 6.03. The van der Waals surface area contributed by atoms with Gasteiger partial charge in [0, 0.05) is 11.3 Å². The summed E-state index contributed by atoms with van der Waals surface area (Å²) in [7, 11) is 0. The highest BCUT2D eigenvalue weighted by atomic mass is 16.5. The van der Waals surface area contributed by atoms with Crippen molar-refractivity contribution in [2.24, 2.45) is 5.92 Å². The van der Waals surface area contributed by atoms with Gasteiger partial charge in [0.2, 0.25) is 0 Å². The summed E-state index contributed by atoms with van der Waals surface area (Å²) in [6.07, 6.45) is 2.61. The highest BCUT2D eigenvalue weighted by Crippen LogP contribution is 2.32. The minimum Gasteiger partial charge on any atom is -0.493 e. The molecule has 2 aromatic rings. The van der Waals surface area contributed by atoms with Crippen molar-refractivity contribution in [1.82, 2.24) is 0 Å². The largest absolute Gasteiger partial charge is 0.493 e. The molecule has 2 aromatic carbocycles. The van der Waals surface area contributed by atoms with Gasteiger partial charge >= 0.3 is 0 Å². The molecule has 18 heavy (non-hydrogen) atoms. The average Bonchev–Trinajstić information content (AvgIpc) is 3.23. The fraction of sp³-hybridized carbons (Fsp3) is 0.250. The zero-order valence-corrected chi connectivity index (χ0v) is 10.3. The second kappa shape index (κ2) is 4.73. The van der Waals surface area contributed by atoms with Crippen molar-refractivity contribution in [3.63, 3.8) is 0 Å². The topological polar surface area (TPSA) is 35.2 Å². The number of anilines is 1. The average molecular weight is 239 g/mol. The van der Waals surface area contributed by atoms with E-state index in [1.165, 1.54) is 12.8 Å². The summed E-state index contributed by atoms with van der Waals surface area (Å²) < 4.78 is 5.79. The summed E-state index contributed by atoms with van der Waals surface area (Å²) in [4.78, 5) is 0. The molecular formula is C16H17NO. The van der Waals surface area contributed by atoms with Crippen LogP contribution in [-0.2, 0) is 0 Å². The van der Waals surface area contributed by atoms with Gasteiger partial charge in [0.15, 0.2) is 0 Å². The number of rotatable bonds is 4. The van der Waals surface area contributed by atoms with E-state index in [2.05, 4.69) is 12.1 Å².